The molecule has 0 aliphatic carbocycles. The topological polar surface area (TPSA) is 152 Å². The van der Waals surface area contributed by atoms with E-state index in [1.807, 2.05) is 13.8 Å². The number of aromatic nitrogens is 1. The number of aliphatic hydroxyl groups is 1. The minimum Gasteiger partial charge on any atom is -0.490 e. The second kappa shape index (κ2) is 16.5. The summed E-state index contributed by atoms with van der Waals surface area (Å²) in [5.74, 6) is 0.646. The molecule has 13 heteroatoms. The van der Waals surface area contributed by atoms with E-state index in [2.05, 4.69) is 15.6 Å². The van der Waals surface area contributed by atoms with E-state index in [4.69, 9.17) is 18.9 Å². The molecular formula is C36H45N5O8. The number of nitrogens with one attached hydrogen (secondary N) is 2. The Bertz CT molecular complexity index is 1610. The van der Waals surface area contributed by atoms with Gasteiger partial charge in [-0.1, -0.05) is 6.92 Å². The third-order valence-corrected chi connectivity index (χ3v) is 8.68. The zero-order valence-electron chi connectivity index (χ0n) is 28.4. The largest absolute Gasteiger partial charge is 0.490 e. The number of ether oxygens (including phenoxy) is 4. The number of hydrogen-bond donors (Lipinski definition) is 3. The zero-order valence-corrected chi connectivity index (χ0v) is 28.4. The first kappa shape index (κ1) is 35.4. The minimum absolute atomic E-state index is 0.138. The van der Waals surface area contributed by atoms with E-state index in [-0.39, 0.29) is 61.9 Å². The Labute approximate surface area is 286 Å². The Balaban J connectivity index is 1.36. The molecule has 0 saturated heterocycles. The van der Waals surface area contributed by atoms with Gasteiger partial charge in [-0.25, -0.2) is 4.79 Å². The Hall–Kier alpha value is -4.88. The van der Waals surface area contributed by atoms with Crippen LogP contribution >= 0.6 is 0 Å². The van der Waals surface area contributed by atoms with Gasteiger partial charge in [0.1, 0.15) is 5.75 Å². The number of likely N-dealkylation sites (N-methyl/N-ethyl adjacent to an activating group) is 1. The highest BCUT2D eigenvalue weighted by molar-refractivity contribution is 6.05. The number of hydrogen-bond acceptors (Lipinski definition) is 9. The van der Waals surface area contributed by atoms with Crippen molar-refractivity contribution in [2.45, 2.75) is 58.3 Å². The van der Waals surface area contributed by atoms with Crippen molar-refractivity contribution >= 4 is 29.2 Å². The Morgan fingerprint density at radius 3 is 2.47 bits per heavy atom. The molecule has 3 N–H and O–H groups in total. The van der Waals surface area contributed by atoms with Gasteiger partial charge in [-0.2, -0.15) is 0 Å². The molecule has 4 atom stereocenters. The lowest BCUT2D eigenvalue weighted by Gasteiger charge is -2.35. The summed E-state index contributed by atoms with van der Waals surface area (Å²) in [6, 6.07) is 12.6. The van der Waals surface area contributed by atoms with Crippen LogP contribution in [0.25, 0.3) is 0 Å². The number of aliphatic hydroxyl groups excluding tert-OH is 1. The molecule has 0 radical (unpaired) electrons. The van der Waals surface area contributed by atoms with Crippen LogP contribution in [0, 0.1) is 5.92 Å². The second-order valence-corrected chi connectivity index (χ2v) is 12.6. The third-order valence-electron chi connectivity index (χ3n) is 8.68. The van der Waals surface area contributed by atoms with E-state index >= 15 is 0 Å². The molecule has 0 unspecified atom stereocenters. The lowest BCUT2D eigenvalue weighted by atomic mass is 10.0. The first-order chi connectivity index (χ1) is 23.6. The highest BCUT2D eigenvalue weighted by atomic mass is 16.7. The fourth-order valence-corrected chi connectivity index (χ4v) is 5.72. The first-order valence-corrected chi connectivity index (χ1v) is 16.6. The van der Waals surface area contributed by atoms with Crippen molar-refractivity contribution in [3.05, 3.63) is 72.1 Å². The Morgan fingerprint density at radius 1 is 1.00 bits per heavy atom. The van der Waals surface area contributed by atoms with Crippen molar-refractivity contribution in [3.8, 4) is 17.2 Å². The van der Waals surface area contributed by atoms with Gasteiger partial charge in [0.05, 0.1) is 30.4 Å². The van der Waals surface area contributed by atoms with Crippen LogP contribution in [0.4, 0.5) is 16.2 Å². The monoisotopic (exact) mass is 675 g/mol. The predicted molar refractivity (Wildman–Crippen MR) is 183 cm³/mol. The highest BCUT2D eigenvalue weighted by Gasteiger charge is 2.31. The second-order valence-electron chi connectivity index (χ2n) is 12.6. The number of carbonyl (C=O) groups excluding carboxylic acids is 3. The Morgan fingerprint density at radius 2 is 1.71 bits per heavy atom. The summed E-state index contributed by atoms with van der Waals surface area (Å²) in [6.07, 6.45) is 4.80. The van der Waals surface area contributed by atoms with Gasteiger partial charge in [0.2, 0.25) is 6.79 Å². The number of carbonyl (C=O) groups is 3. The third kappa shape index (κ3) is 9.18. The molecule has 3 heterocycles. The summed E-state index contributed by atoms with van der Waals surface area (Å²) in [5.41, 5.74) is 1.69. The lowest BCUT2D eigenvalue weighted by molar-refractivity contribution is -0.0115. The van der Waals surface area contributed by atoms with E-state index < -0.39 is 12.1 Å². The van der Waals surface area contributed by atoms with Crippen LogP contribution in [-0.2, 0) is 4.74 Å². The number of nitrogens with zero attached hydrogens (tertiary/aromatic N) is 3. The fourth-order valence-electron chi connectivity index (χ4n) is 5.72. The van der Waals surface area contributed by atoms with Crippen molar-refractivity contribution in [1.82, 2.24) is 14.8 Å². The molecule has 0 spiro atoms. The van der Waals surface area contributed by atoms with Crippen LogP contribution in [-0.4, -0.2) is 96.1 Å². The van der Waals surface area contributed by atoms with Crippen LogP contribution in [0.3, 0.4) is 0 Å². The van der Waals surface area contributed by atoms with Gasteiger partial charge >= 0.3 is 6.03 Å². The molecule has 262 valence electrons. The van der Waals surface area contributed by atoms with Crippen LogP contribution < -0.4 is 24.8 Å². The molecule has 2 aliphatic rings. The van der Waals surface area contributed by atoms with Gasteiger partial charge in [-0.05, 0) is 75.6 Å². The van der Waals surface area contributed by atoms with Crippen molar-refractivity contribution in [2.75, 3.05) is 50.8 Å². The smallest absolute Gasteiger partial charge is 0.321 e. The van der Waals surface area contributed by atoms with Gasteiger partial charge in [-0.15, -0.1) is 0 Å². The van der Waals surface area contributed by atoms with Crippen LogP contribution in [0.5, 0.6) is 17.2 Å². The summed E-state index contributed by atoms with van der Waals surface area (Å²) >= 11 is 0. The number of benzene rings is 2. The van der Waals surface area contributed by atoms with Crippen LogP contribution in [0.1, 0.15) is 60.7 Å². The predicted octanol–water partition coefficient (Wildman–Crippen LogP) is 5.02. The maximum absolute atomic E-state index is 14.4. The highest BCUT2D eigenvalue weighted by Crippen LogP contribution is 2.34. The van der Waals surface area contributed by atoms with Crippen molar-refractivity contribution in [1.29, 1.82) is 0 Å². The molecule has 0 fully saturated rings. The van der Waals surface area contributed by atoms with Gasteiger partial charge in [-0.3, -0.25) is 14.6 Å². The fraction of sp³-hybridized carbons (Fsp3) is 0.444. The normalized spacial score (nSPS) is 20.3. The van der Waals surface area contributed by atoms with Crippen LogP contribution in [0.2, 0.25) is 0 Å². The first-order valence-electron chi connectivity index (χ1n) is 16.6. The van der Waals surface area contributed by atoms with E-state index in [1.165, 1.54) is 12.4 Å². The summed E-state index contributed by atoms with van der Waals surface area (Å²) < 4.78 is 23.5. The van der Waals surface area contributed by atoms with E-state index in [9.17, 15) is 19.5 Å². The average molecular weight is 676 g/mol. The molecule has 0 bridgehead atoms. The number of urea groups is 1. The SMILES string of the molecule is C[C@@H]1CCCCO[C@H](CN(C)C(=O)Nc2ccc3c(c2)OCO3)[C@@H](C)CN([C@H](C)CO)C(=O)c2cc(NC(=O)c3ccncc3)ccc2O1. The maximum atomic E-state index is 14.4. The number of pyridine rings is 1. The van der Waals surface area contributed by atoms with Gasteiger partial charge < -0.3 is 44.5 Å². The molecule has 2 aromatic carbocycles. The summed E-state index contributed by atoms with van der Waals surface area (Å²) in [4.78, 5) is 47.6. The summed E-state index contributed by atoms with van der Waals surface area (Å²) in [6.45, 7) is 6.52. The molecule has 13 nitrogen and oxygen atoms in total. The molecule has 5 rings (SSSR count). The van der Waals surface area contributed by atoms with E-state index in [0.29, 0.717) is 40.8 Å². The van der Waals surface area contributed by atoms with Gasteiger partial charge in [0.25, 0.3) is 11.8 Å². The lowest BCUT2D eigenvalue weighted by Crippen LogP contribution is -2.48. The summed E-state index contributed by atoms with van der Waals surface area (Å²) in [7, 11) is 1.69. The number of rotatable bonds is 7. The van der Waals surface area contributed by atoms with Crippen LogP contribution in [0.15, 0.2) is 60.9 Å². The molecule has 2 aliphatic heterocycles. The van der Waals surface area contributed by atoms with Crippen molar-refractivity contribution in [2.24, 2.45) is 5.92 Å². The van der Waals surface area contributed by atoms with E-state index in [1.54, 1.807) is 72.3 Å². The zero-order chi connectivity index (χ0) is 34.9. The maximum Gasteiger partial charge on any atom is 0.321 e. The van der Waals surface area contributed by atoms with Crippen molar-refractivity contribution in [3.63, 3.8) is 0 Å². The number of amides is 4. The van der Waals surface area contributed by atoms with E-state index in [0.717, 1.165) is 19.3 Å². The molecule has 3 aromatic rings. The molecule has 1 aromatic heterocycles. The minimum atomic E-state index is -0.545. The molecule has 0 saturated carbocycles. The molecule has 4 amide bonds. The van der Waals surface area contributed by atoms with Gasteiger partial charge in [0.15, 0.2) is 11.5 Å². The average Bonchev–Trinajstić information content (AvgIpc) is 3.58. The molecular weight excluding hydrogens is 630 g/mol. The summed E-state index contributed by atoms with van der Waals surface area (Å²) in [5, 5.41) is 16.0. The number of fused-ring (bicyclic) bond motifs is 2. The Kier molecular flexibility index (Phi) is 11.9. The quantitative estimate of drug-likeness (QED) is 0.314. The molecule has 49 heavy (non-hydrogen) atoms. The van der Waals surface area contributed by atoms with Crippen molar-refractivity contribution < 1.29 is 38.4 Å². The standard InChI is InChI=1S/C36H45N5O8/c1-23-19-41(24(2)21-42)35(44)29-17-27(38-34(43)26-12-14-37-15-13-26)8-10-30(29)49-25(3)7-5-6-16-46-33(23)20-40(4)36(45)39-28-9-11-31-32(18-28)48-22-47-31/h8-15,17-18,23-25,33,42H,5-7,16,19-22H2,1-4H3,(H,38,43)(H,39,45)/t23-,24+,25+,33+/m0/s1. The number of anilines is 2. The van der Waals surface area contributed by atoms with Gasteiger partial charge in [0, 0.05) is 68.1 Å².